The molecule has 2 heterocycles. The lowest BCUT2D eigenvalue weighted by atomic mass is 9.97. The molecule has 30 heavy (non-hydrogen) atoms. The minimum absolute atomic E-state index is 0.0203. The number of hydrogen-bond donors (Lipinski definition) is 1. The van der Waals surface area contributed by atoms with E-state index < -0.39 is 0 Å². The first-order valence-corrected chi connectivity index (χ1v) is 10.7. The third-order valence-electron chi connectivity index (χ3n) is 5.09. The van der Waals surface area contributed by atoms with Gasteiger partial charge in [0, 0.05) is 35.6 Å². The fourth-order valence-electron chi connectivity index (χ4n) is 3.49. The van der Waals surface area contributed by atoms with Crippen LogP contribution in [0.4, 0.5) is 11.5 Å². The van der Waals surface area contributed by atoms with Crippen LogP contribution in [0.25, 0.3) is 0 Å². The van der Waals surface area contributed by atoms with Crippen LogP contribution in [0.5, 0.6) is 11.6 Å². The van der Waals surface area contributed by atoms with E-state index in [9.17, 15) is 4.79 Å². The van der Waals surface area contributed by atoms with Gasteiger partial charge in [0.2, 0.25) is 5.91 Å². The Hall–Kier alpha value is -2.93. The number of hydrogen-bond acceptors (Lipinski definition) is 5. The van der Waals surface area contributed by atoms with E-state index in [1.54, 1.807) is 12.4 Å². The molecule has 0 saturated carbocycles. The summed E-state index contributed by atoms with van der Waals surface area (Å²) in [6, 6.07) is 15.4. The number of nitrogens with one attached hydrogen (secondary N) is 1. The van der Waals surface area contributed by atoms with Crippen LogP contribution >= 0.6 is 15.9 Å². The van der Waals surface area contributed by atoms with Gasteiger partial charge < -0.3 is 15.0 Å². The number of anilines is 2. The summed E-state index contributed by atoms with van der Waals surface area (Å²) in [5, 5.41) is 3.02. The van der Waals surface area contributed by atoms with Crippen LogP contribution < -0.4 is 15.0 Å². The van der Waals surface area contributed by atoms with Crippen LogP contribution in [0.1, 0.15) is 18.4 Å². The molecule has 7 heteroatoms. The van der Waals surface area contributed by atoms with Gasteiger partial charge in [0.25, 0.3) is 5.88 Å². The number of rotatable bonds is 5. The monoisotopic (exact) mass is 466 g/mol. The lowest BCUT2D eigenvalue weighted by Gasteiger charge is -2.33. The molecule has 1 amide bonds. The van der Waals surface area contributed by atoms with Gasteiger partial charge in [-0.1, -0.05) is 33.6 Å². The van der Waals surface area contributed by atoms with Crippen molar-refractivity contribution in [1.82, 2.24) is 9.97 Å². The standard InChI is InChI=1S/C23H23BrN4O2/c1-16-4-10-20(11-5-16)30-23-21(25-12-13-26-23)28-14-2-3-17(15-28)22(29)27-19-8-6-18(24)7-9-19/h4-13,17H,2-3,14-15H2,1H3,(H,27,29)/t17-/m1/s1. The molecular weight excluding hydrogens is 444 g/mol. The van der Waals surface area contributed by atoms with E-state index in [0.717, 1.165) is 35.1 Å². The van der Waals surface area contributed by atoms with Crippen molar-refractivity contribution in [2.75, 3.05) is 23.3 Å². The maximum Gasteiger partial charge on any atom is 0.263 e. The maximum atomic E-state index is 12.8. The molecule has 1 saturated heterocycles. The number of nitrogens with zero attached hydrogens (tertiary/aromatic N) is 3. The SMILES string of the molecule is Cc1ccc(Oc2nccnc2N2CCC[C@@H](C(=O)Nc3ccc(Br)cc3)C2)cc1. The first kappa shape index (κ1) is 20.3. The Labute approximate surface area is 184 Å². The number of ether oxygens (including phenoxy) is 1. The highest BCUT2D eigenvalue weighted by Crippen LogP contribution is 2.31. The summed E-state index contributed by atoms with van der Waals surface area (Å²) in [6.45, 7) is 3.42. The molecule has 3 aromatic rings. The number of benzene rings is 2. The summed E-state index contributed by atoms with van der Waals surface area (Å²) in [7, 11) is 0. The lowest BCUT2D eigenvalue weighted by molar-refractivity contribution is -0.120. The molecule has 6 nitrogen and oxygen atoms in total. The molecule has 1 aliphatic heterocycles. The Kier molecular flexibility index (Phi) is 6.28. The van der Waals surface area contributed by atoms with Crippen molar-refractivity contribution in [1.29, 1.82) is 0 Å². The second-order valence-electron chi connectivity index (χ2n) is 7.38. The number of carbonyl (C=O) groups excluding carboxylic acids is 1. The number of aryl methyl sites for hydroxylation is 1. The van der Waals surface area contributed by atoms with Gasteiger partial charge in [0.15, 0.2) is 5.82 Å². The molecule has 0 spiro atoms. The zero-order chi connectivity index (χ0) is 20.9. The number of amides is 1. The number of carbonyl (C=O) groups is 1. The summed E-state index contributed by atoms with van der Waals surface area (Å²) in [6.07, 6.45) is 5.02. The molecular formula is C23H23BrN4O2. The molecule has 1 aliphatic rings. The molecule has 154 valence electrons. The maximum absolute atomic E-state index is 12.8. The number of halogens is 1. The second-order valence-corrected chi connectivity index (χ2v) is 8.30. The molecule has 0 aliphatic carbocycles. The average Bonchev–Trinajstić information content (AvgIpc) is 2.77. The fraction of sp³-hybridized carbons (Fsp3) is 0.261. The second kappa shape index (κ2) is 9.26. The molecule has 2 aromatic carbocycles. The minimum Gasteiger partial charge on any atom is -0.436 e. The van der Waals surface area contributed by atoms with Gasteiger partial charge in [-0.15, -0.1) is 0 Å². The lowest BCUT2D eigenvalue weighted by Crippen LogP contribution is -2.41. The normalized spacial score (nSPS) is 16.2. The van der Waals surface area contributed by atoms with Gasteiger partial charge in [-0.2, -0.15) is 0 Å². The third kappa shape index (κ3) is 4.97. The molecule has 0 bridgehead atoms. The summed E-state index contributed by atoms with van der Waals surface area (Å²) in [5.74, 6) is 1.72. The molecule has 1 atom stereocenters. The van der Waals surface area contributed by atoms with E-state index in [4.69, 9.17) is 4.74 Å². The Bertz CT molecular complexity index is 1010. The number of piperidine rings is 1. The topological polar surface area (TPSA) is 67.4 Å². The highest BCUT2D eigenvalue weighted by molar-refractivity contribution is 9.10. The first-order chi connectivity index (χ1) is 14.6. The Morgan fingerprint density at radius 3 is 2.60 bits per heavy atom. The van der Waals surface area contributed by atoms with E-state index in [2.05, 4.69) is 36.1 Å². The van der Waals surface area contributed by atoms with Gasteiger partial charge in [-0.05, 0) is 56.2 Å². The van der Waals surface area contributed by atoms with Crippen molar-refractivity contribution in [2.24, 2.45) is 5.92 Å². The fourth-order valence-corrected chi connectivity index (χ4v) is 3.75. The van der Waals surface area contributed by atoms with Crippen LogP contribution in [0.2, 0.25) is 0 Å². The van der Waals surface area contributed by atoms with Crippen LogP contribution in [0.15, 0.2) is 65.4 Å². The van der Waals surface area contributed by atoms with Gasteiger partial charge in [0.05, 0.1) is 5.92 Å². The molecule has 1 N–H and O–H groups in total. The number of aromatic nitrogens is 2. The van der Waals surface area contributed by atoms with Gasteiger partial charge in [0.1, 0.15) is 5.75 Å². The molecule has 0 unspecified atom stereocenters. The van der Waals surface area contributed by atoms with Gasteiger partial charge >= 0.3 is 0 Å². The van der Waals surface area contributed by atoms with E-state index in [0.29, 0.717) is 24.0 Å². The Morgan fingerprint density at radius 2 is 1.83 bits per heavy atom. The highest BCUT2D eigenvalue weighted by atomic mass is 79.9. The first-order valence-electron chi connectivity index (χ1n) is 9.95. The smallest absolute Gasteiger partial charge is 0.263 e. The summed E-state index contributed by atoms with van der Waals surface area (Å²) >= 11 is 3.41. The van der Waals surface area contributed by atoms with E-state index in [1.165, 1.54) is 0 Å². The van der Waals surface area contributed by atoms with E-state index >= 15 is 0 Å². The Morgan fingerprint density at radius 1 is 1.10 bits per heavy atom. The Balaban J connectivity index is 1.47. The van der Waals surface area contributed by atoms with Gasteiger partial charge in [-0.25, -0.2) is 9.97 Å². The van der Waals surface area contributed by atoms with Crippen LogP contribution in [0, 0.1) is 12.8 Å². The van der Waals surface area contributed by atoms with Crippen molar-refractivity contribution in [3.8, 4) is 11.6 Å². The average molecular weight is 467 g/mol. The zero-order valence-corrected chi connectivity index (χ0v) is 18.3. The van der Waals surface area contributed by atoms with Crippen molar-refractivity contribution < 1.29 is 9.53 Å². The minimum atomic E-state index is -0.128. The highest BCUT2D eigenvalue weighted by Gasteiger charge is 2.28. The summed E-state index contributed by atoms with van der Waals surface area (Å²) < 4.78 is 6.98. The summed E-state index contributed by atoms with van der Waals surface area (Å²) in [5.41, 5.74) is 1.96. The molecule has 0 radical (unpaired) electrons. The third-order valence-corrected chi connectivity index (χ3v) is 5.61. The predicted octanol–water partition coefficient (Wildman–Crippen LogP) is 5.19. The van der Waals surface area contributed by atoms with Gasteiger partial charge in [-0.3, -0.25) is 4.79 Å². The van der Waals surface area contributed by atoms with Crippen molar-refractivity contribution in [3.63, 3.8) is 0 Å². The van der Waals surface area contributed by atoms with Crippen molar-refractivity contribution >= 4 is 33.3 Å². The predicted molar refractivity (Wildman–Crippen MR) is 121 cm³/mol. The molecule has 1 aromatic heterocycles. The molecule has 1 fully saturated rings. The van der Waals surface area contributed by atoms with Crippen LogP contribution in [-0.2, 0) is 4.79 Å². The van der Waals surface area contributed by atoms with Crippen LogP contribution in [-0.4, -0.2) is 29.0 Å². The largest absolute Gasteiger partial charge is 0.436 e. The molecule has 4 rings (SSSR count). The van der Waals surface area contributed by atoms with Crippen molar-refractivity contribution in [2.45, 2.75) is 19.8 Å². The summed E-state index contributed by atoms with van der Waals surface area (Å²) in [4.78, 5) is 23.8. The zero-order valence-electron chi connectivity index (χ0n) is 16.7. The van der Waals surface area contributed by atoms with E-state index in [1.807, 2.05) is 55.5 Å². The van der Waals surface area contributed by atoms with Crippen molar-refractivity contribution in [3.05, 3.63) is 71.0 Å². The van der Waals surface area contributed by atoms with E-state index in [-0.39, 0.29) is 11.8 Å². The quantitative estimate of drug-likeness (QED) is 0.559. The van der Waals surface area contributed by atoms with Crippen LogP contribution in [0.3, 0.4) is 0 Å².